The molecule has 0 atom stereocenters. The summed E-state index contributed by atoms with van der Waals surface area (Å²) in [5.74, 6) is 2.20. The first-order valence-corrected chi connectivity index (χ1v) is 8.76. The van der Waals surface area contributed by atoms with Crippen LogP contribution in [-0.2, 0) is 6.42 Å². The molecule has 2 aromatic carbocycles. The summed E-state index contributed by atoms with van der Waals surface area (Å²) in [5.41, 5.74) is 7.63. The minimum Gasteiger partial charge on any atom is -0.0628 e. The molecule has 0 amide bonds. The van der Waals surface area contributed by atoms with Gasteiger partial charge in [0, 0.05) is 0 Å². The number of rotatable bonds is 5. The predicted molar refractivity (Wildman–Crippen MR) is 96.3 cm³/mol. The van der Waals surface area contributed by atoms with Crippen molar-refractivity contribution in [3.8, 4) is 11.1 Å². The Balaban J connectivity index is 2.01. The van der Waals surface area contributed by atoms with Crippen LogP contribution < -0.4 is 0 Å². The molecule has 1 aliphatic carbocycles. The second-order valence-electron chi connectivity index (χ2n) is 7.66. The molecule has 0 aliphatic heterocycles. The highest BCUT2D eigenvalue weighted by atomic mass is 14.3. The van der Waals surface area contributed by atoms with Crippen molar-refractivity contribution >= 4 is 0 Å². The van der Waals surface area contributed by atoms with Gasteiger partial charge in [-0.2, -0.15) is 0 Å². The Morgan fingerprint density at radius 2 is 1.41 bits per heavy atom. The first-order valence-electron chi connectivity index (χ1n) is 8.76. The molecule has 0 saturated heterocycles. The summed E-state index contributed by atoms with van der Waals surface area (Å²) in [6.45, 7) is 9.41. The molecule has 22 heavy (non-hydrogen) atoms. The van der Waals surface area contributed by atoms with Crippen LogP contribution in [0, 0.1) is 11.8 Å². The molecule has 0 saturated carbocycles. The summed E-state index contributed by atoms with van der Waals surface area (Å²) in [4.78, 5) is 0. The third kappa shape index (κ3) is 2.97. The molecule has 0 fully saturated rings. The third-order valence-corrected chi connectivity index (χ3v) is 4.84. The van der Waals surface area contributed by atoms with Crippen LogP contribution in [0.1, 0.15) is 63.1 Å². The van der Waals surface area contributed by atoms with E-state index in [9.17, 15) is 0 Å². The van der Waals surface area contributed by atoms with Crippen LogP contribution >= 0.6 is 0 Å². The maximum atomic E-state index is 2.39. The lowest BCUT2D eigenvalue weighted by Crippen LogP contribution is -2.09. The van der Waals surface area contributed by atoms with Crippen molar-refractivity contribution < 1.29 is 0 Å². The third-order valence-electron chi connectivity index (χ3n) is 4.84. The van der Waals surface area contributed by atoms with Gasteiger partial charge in [-0.15, -0.1) is 0 Å². The Morgan fingerprint density at radius 1 is 0.773 bits per heavy atom. The van der Waals surface area contributed by atoms with Crippen LogP contribution in [0.15, 0.2) is 42.5 Å². The van der Waals surface area contributed by atoms with E-state index >= 15 is 0 Å². The Bertz CT molecular complexity index is 639. The van der Waals surface area contributed by atoms with E-state index in [-0.39, 0.29) is 0 Å². The molecule has 0 radical (unpaired) electrons. The van der Waals surface area contributed by atoms with Crippen molar-refractivity contribution in [3.63, 3.8) is 0 Å². The summed E-state index contributed by atoms with van der Waals surface area (Å²) in [5, 5.41) is 0. The van der Waals surface area contributed by atoms with E-state index in [1.807, 2.05) is 0 Å². The largest absolute Gasteiger partial charge is 0.0628 e. The van der Waals surface area contributed by atoms with Crippen LogP contribution in [0.4, 0.5) is 0 Å². The van der Waals surface area contributed by atoms with Gasteiger partial charge in [0.1, 0.15) is 0 Å². The van der Waals surface area contributed by atoms with Crippen molar-refractivity contribution in [1.29, 1.82) is 0 Å². The molecule has 2 aromatic rings. The van der Waals surface area contributed by atoms with Gasteiger partial charge in [-0.1, -0.05) is 70.2 Å². The smallest absolute Gasteiger partial charge is 0.00106 e. The van der Waals surface area contributed by atoms with Crippen molar-refractivity contribution in [3.05, 3.63) is 59.2 Å². The number of hydrogen-bond donors (Lipinski definition) is 0. The Hall–Kier alpha value is -1.56. The maximum Gasteiger partial charge on any atom is -0.00106 e. The first-order chi connectivity index (χ1) is 10.6. The van der Waals surface area contributed by atoms with Crippen molar-refractivity contribution in [2.45, 2.75) is 52.9 Å². The monoisotopic (exact) mass is 292 g/mol. The zero-order valence-electron chi connectivity index (χ0n) is 14.4. The lowest BCUT2D eigenvalue weighted by atomic mass is 9.81. The summed E-state index contributed by atoms with van der Waals surface area (Å²) in [6.07, 6.45) is 3.71. The summed E-state index contributed by atoms with van der Waals surface area (Å²) < 4.78 is 0. The van der Waals surface area contributed by atoms with Gasteiger partial charge in [0.05, 0.1) is 0 Å². The fraction of sp³-hybridized carbons (Fsp3) is 0.455. The Kier molecular flexibility index (Phi) is 4.38. The van der Waals surface area contributed by atoms with Crippen LogP contribution in [0.5, 0.6) is 0 Å². The number of benzene rings is 2. The van der Waals surface area contributed by atoms with Crippen LogP contribution in [0.2, 0.25) is 0 Å². The normalized spacial score (nSPS) is 13.0. The van der Waals surface area contributed by atoms with Crippen LogP contribution in [0.25, 0.3) is 11.1 Å². The van der Waals surface area contributed by atoms with Gasteiger partial charge in [-0.25, -0.2) is 0 Å². The summed E-state index contributed by atoms with van der Waals surface area (Å²) >= 11 is 0. The summed E-state index contributed by atoms with van der Waals surface area (Å²) in [7, 11) is 0. The molecule has 0 unspecified atom stereocenters. The average Bonchev–Trinajstić information content (AvgIpc) is 2.84. The molecule has 3 rings (SSSR count). The number of hydrogen-bond acceptors (Lipinski definition) is 0. The highest BCUT2D eigenvalue weighted by Gasteiger charge is 2.25. The minimum absolute atomic E-state index is 0.698. The van der Waals surface area contributed by atoms with E-state index in [1.165, 1.54) is 29.5 Å². The zero-order chi connectivity index (χ0) is 15.7. The first kappa shape index (κ1) is 15.3. The highest BCUT2D eigenvalue weighted by molar-refractivity contribution is 5.78. The Labute approximate surface area is 135 Å². The zero-order valence-corrected chi connectivity index (χ0v) is 14.4. The van der Waals surface area contributed by atoms with Gasteiger partial charge in [0.2, 0.25) is 0 Å². The summed E-state index contributed by atoms with van der Waals surface area (Å²) in [6, 6.07) is 15.9. The molecule has 0 N–H and O–H groups in total. The van der Waals surface area contributed by atoms with Gasteiger partial charge in [0.25, 0.3) is 0 Å². The fourth-order valence-corrected chi connectivity index (χ4v) is 4.05. The molecular weight excluding hydrogens is 264 g/mol. The lowest BCUT2D eigenvalue weighted by molar-refractivity contribution is 0.422. The van der Waals surface area contributed by atoms with Crippen LogP contribution in [0.3, 0.4) is 0 Å². The molecular formula is C22H28. The molecule has 0 heteroatoms. The van der Waals surface area contributed by atoms with Gasteiger partial charge < -0.3 is 0 Å². The predicted octanol–water partition coefficient (Wildman–Crippen LogP) is 6.43. The molecule has 1 aliphatic rings. The van der Waals surface area contributed by atoms with Gasteiger partial charge in [-0.05, 0) is 64.8 Å². The van der Waals surface area contributed by atoms with Crippen molar-refractivity contribution in [1.82, 2.24) is 0 Å². The van der Waals surface area contributed by atoms with E-state index in [2.05, 4.69) is 70.2 Å². The molecule has 0 nitrogen and oxygen atoms in total. The van der Waals surface area contributed by atoms with E-state index in [4.69, 9.17) is 0 Å². The Morgan fingerprint density at radius 3 is 2.09 bits per heavy atom. The highest BCUT2D eigenvalue weighted by Crippen LogP contribution is 2.42. The molecule has 116 valence electrons. The van der Waals surface area contributed by atoms with Crippen LogP contribution in [-0.4, -0.2) is 0 Å². The van der Waals surface area contributed by atoms with Crippen molar-refractivity contribution in [2.75, 3.05) is 0 Å². The second kappa shape index (κ2) is 6.28. The van der Waals surface area contributed by atoms with E-state index in [0.717, 1.165) is 18.3 Å². The SMILES string of the molecule is CC(C)CC(CC(C)C)c1cccc2c1Cc1ccccc1-2. The maximum absolute atomic E-state index is 2.39. The molecule has 0 heterocycles. The average molecular weight is 292 g/mol. The minimum atomic E-state index is 0.698. The topological polar surface area (TPSA) is 0 Å². The van der Waals surface area contributed by atoms with Crippen molar-refractivity contribution in [2.24, 2.45) is 11.8 Å². The molecule has 0 aromatic heterocycles. The quantitative estimate of drug-likeness (QED) is 0.508. The lowest BCUT2D eigenvalue weighted by Gasteiger charge is -2.24. The van der Waals surface area contributed by atoms with E-state index in [0.29, 0.717) is 5.92 Å². The van der Waals surface area contributed by atoms with E-state index in [1.54, 1.807) is 11.1 Å². The van der Waals surface area contributed by atoms with Gasteiger partial charge in [0.15, 0.2) is 0 Å². The fourth-order valence-electron chi connectivity index (χ4n) is 4.05. The molecule has 0 bridgehead atoms. The van der Waals surface area contributed by atoms with Gasteiger partial charge >= 0.3 is 0 Å². The molecule has 0 spiro atoms. The van der Waals surface area contributed by atoms with Gasteiger partial charge in [-0.3, -0.25) is 0 Å². The second-order valence-corrected chi connectivity index (χ2v) is 7.66. The number of fused-ring (bicyclic) bond motifs is 3. The van der Waals surface area contributed by atoms with E-state index < -0.39 is 0 Å². The standard InChI is InChI=1S/C22H28/c1-15(2)12-18(13-16(3)4)20-10-7-11-21-19-9-6-5-8-17(19)14-22(20)21/h5-11,15-16,18H,12-14H2,1-4H3.